The van der Waals surface area contributed by atoms with Crippen LogP contribution in [-0.4, -0.2) is 91.0 Å². The fourth-order valence-corrected chi connectivity index (χ4v) is 0.856. The van der Waals surface area contributed by atoms with Gasteiger partial charge in [-0.2, -0.15) is 0 Å². The quantitative estimate of drug-likeness (QED) is 0.831. The molecule has 0 aromatic heterocycles. The summed E-state index contributed by atoms with van der Waals surface area (Å²) in [5.74, 6) is -2.46. The molecular formula is C8H7CsO4. The van der Waals surface area contributed by atoms with Gasteiger partial charge >= 0.3 is 80.8 Å². The number of benzene rings is 1. The fraction of sp³-hybridized carbons (Fsp3) is 0. The number of carboxylic acids is 2. The molecule has 0 amide bonds. The summed E-state index contributed by atoms with van der Waals surface area (Å²) in [6, 6.07) is 5.48. The molecule has 0 atom stereocenters. The molecule has 13 heavy (non-hydrogen) atoms. The Hall–Kier alpha value is 0.212. The predicted molar refractivity (Wildman–Crippen MR) is 47.5 cm³/mol. The van der Waals surface area contributed by atoms with Gasteiger partial charge in [0.1, 0.15) is 0 Å². The number of hydrogen-bond donors (Lipinski definition) is 2. The molecule has 0 radical (unpaired) electrons. The van der Waals surface area contributed by atoms with E-state index in [4.69, 9.17) is 10.2 Å². The number of hydrogen-bond acceptors (Lipinski definition) is 2. The first-order valence-electron chi connectivity index (χ1n) is 3.18. The molecule has 0 aliphatic heterocycles. The SMILES string of the molecule is O=C(O)c1ccccc1C(=O)O.[CsH]. The van der Waals surface area contributed by atoms with Crippen molar-refractivity contribution in [3.8, 4) is 0 Å². The molecule has 0 heterocycles. The van der Waals surface area contributed by atoms with Crippen molar-refractivity contribution in [3.05, 3.63) is 35.4 Å². The van der Waals surface area contributed by atoms with Gasteiger partial charge in [0.2, 0.25) is 0 Å². The van der Waals surface area contributed by atoms with E-state index in [1.54, 1.807) is 0 Å². The Labute approximate surface area is 133 Å². The fourth-order valence-electron chi connectivity index (χ4n) is 0.856. The molecule has 0 saturated carbocycles. The Kier molecular flexibility index (Phi) is 5.94. The number of carboxylic acid groups (broad SMARTS) is 2. The van der Waals surface area contributed by atoms with Gasteiger partial charge < -0.3 is 10.2 Å². The first-order valence-corrected chi connectivity index (χ1v) is 3.18. The molecule has 2 N–H and O–H groups in total. The molecule has 4 nitrogen and oxygen atoms in total. The van der Waals surface area contributed by atoms with Crippen molar-refractivity contribution in [2.75, 3.05) is 0 Å². The maximum absolute atomic E-state index is 10.5. The van der Waals surface area contributed by atoms with Gasteiger partial charge in [-0.3, -0.25) is 0 Å². The van der Waals surface area contributed by atoms with E-state index in [0.717, 1.165) is 0 Å². The van der Waals surface area contributed by atoms with Gasteiger partial charge in [0.15, 0.2) is 0 Å². The van der Waals surface area contributed by atoms with Crippen molar-refractivity contribution in [3.63, 3.8) is 0 Å². The van der Waals surface area contributed by atoms with E-state index in [1.165, 1.54) is 24.3 Å². The van der Waals surface area contributed by atoms with Crippen molar-refractivity contribution in [1.82, 2.24) is 0 Å². The van der Waals surface area contributed by atoms with E-state index >= 15 is 0 Å². The normalized spacial score (nSPS) is 8.62. The molecule has 1 aromatic carbocycles. The van der Waals surface area contributed by atoms with Crippen LogP contribution in [0.25, 0.3) is 0 Å². The summed E-state index contributed by atoms with van der Waals surface area (Å²) in [7, 11) is 0. The maximum atomic E-state index is 10.5. The van der Waals surface area contributed by atoms with E-state index < -0.39 is 11.9 Å². The second kappa shape index (κ2) is 5.84. The van der Waals surface area contributed by atoms with Gasteiger partial charge in [-0.05, 0) is 12.1 Å². The minimum absolute atomic E-state index is 0. The number of carbonyl (C=O) groups is 2. The van der Waals surface area contributed by atoms with Crippen molar-refractivity contribution in [1.29, 1.82) is 0 Å². The molecule has 1 rings (SSSR count). The Morgan fingerprint density at radius 2 is 1.23 bits per heavy atom. The van der Waals surface area contributed by atoms with E-state index in [1.807, 2.05) is 0 Å². The Morgan fingerprint density at radius 1 is 0.923 bits per heavy atom. The van der Waals surface area contributed by atoms with Crippen molar-refractivity contribution >= 4 is 80.8 Å². The summed E-state index contributed by atoms with van der Waals surface area (Å²) in [6.45, 7) is 0. The Morgan fingerprint density at radius 3 is 1.46 bits per heavy atom. The van der Waals surface area contributed by atoms with Gasteiger partial charge in [-0.25, -0.2) is 9.59 Å². The van der Waals surface area contributed by atoms with Gasteiger partial charge in [-0.15, -0.1) is 0 Å². The van der Waals surface area contributed by atoms with Crippen molar-refractivity contribution < 1.29 is 19.8 Å². The molecule has 1 aromatic rings. The van der Waals surface area contributed by atoms with Crippen LogP contribution in [0.15, 0.2) is 24.3 Å². The molecule has 64 valence electrons. The summed E-state index contributed by atoms with van der Waals surface area (Å²) in [6.07, 6.45) is 0. The minimum atomic E-state index is -1.23. The first-order chi connectivity index (χ1) is 5.63. The summed E-state index contributed by atoms with van der Waals surface area (Å²) >= 11 is 0. The average Bonchev–Trinajstić information content (AvgIpc) is 2.04. The predicted octanol–water partition coefficient (Wildman–Crippen LogP) is 0.434. The standard InChI is InChI=1S/C8H6O4.Cs.H/c9-7(10)5-3-1-2-4-6(5)8(11)12;;/h1-4H,(H,9,10)(H,11,12);;. The molecule has 0 aliphatic rings. The third kappa shape index (κ3) is 3.45. The molecule has 0 unspecified atom stereocenters. The summed E-state index contributed by atoms with van der Waals surface area (Å²) in [5.41, 5.74) is -0.380. The van der Waals surface area contributed by atoms with Gasteiger partial charge in [0.05, 0.1) is 11.1 Å². The van der Waals surface area contributed by atoms with Gasteiger partial charge in [0, 0.05) is 0 Å². The van der Waals surface area contributed by atoms with Gasteiger partial charge in [-0.1, -0.05) is 12.1 Å². The zero-order valence-corrected chi connectivity index (χ0v) is 6.02. The first kappa shape index (κ1) is 13.2. The summed E-state index contributed by atoms with van der Waals surface area (Å²) in [5, 5.41) is 17.1. The molecule has 0 aliphatic carbocycles. The van der Waals surface area contributed by atoms with Crippen LogP contribution in [0.5, 0.6) is 0 Å². The zero-order chi connectivity index (χ0) is 9.14. The van der Waals surface area contributed by atoms with Crippen LogP contribution in [0, 0.1) is 0 Å². The van der Waals surface area contributed by atoms with Crippen LogP contribution in [0.4, 0.5) is 0 Å². The molecule has 5 heteroatoms. The third-order valence-electron chi connectivity index (χ3n) is 1.39. The van der Waals surface area contributed by atoms with Crippen LogP contribution in [0.2, 0.25) is 0 Å². The van der Waals surface area contributed by atoms with Crippen LogP contribution in [0.1, 0.15) is 20.7 Å². The second-order valence-corrected chi connectivity index (χ2v) is 2.16. The summed E-state index contributed by atoms with van der Waals surface area (Å²) in [4.78, 5) is 20.9. The molecule has 0 bridgehead atoms. The van der Waals surface area contributed by atoms with E-state index in [2.05, 4.69) is 0 Å². The van der Waals surface area contributed by atoms with Crippen LogP contribution in [0.3, 0.4) is 0 Å². The van der Waals surface area contributed by atoms with Gasteiger partial charge in [0.25, 0.3) is 0 Å². The Balaban J connectivity index is 0.00000144. The van der Waals surface area contributed by atoms with E-state index in [-0.39, 0.29) is 80.0 Å². The monoisotopic (exact) mass is 300 g/mol. The van der Waals surface area contributed by atoms with E-state index in [0.29, 0.717) is 0 Å². The van der Waals surface area contributed by atoms with Crippen molar-refractivity contribution in [2.45, 2.75) is 0 Å². The average molecular weight is 300 g/mol. The topological polar surface area (TPSA) is 74.6 Å². The number of rotatable bonds is 2. The van der Waals surface area contributed by atoms with E-state index in [9.17, 15) is 9.59 Å². The zero-order valence-electron chi connectivity index (χ0n) is 6.02. The molecule has 0 spiro atoms. The molecular weight excluding hydrogens is 293 g/mol. The van der Waals surface area contributed by atoms with Crippen molar-refractivity contribution in [2.24, 2.45) is 0 Å². The number of aromatic carboxylic acids is 2. The molecule has 0 saturated heterocycles. The molecule has 0 fully saturated rings. The third-order valence-corrected chi connectivity index (χ3v) is 1.39. The van der Waals surface area contributed by atoms with Crippen LogP contribution < -0.4 is 0 Å². The van der Waals surface area contributed by atoms with Crippen LogP contribution in [-0.2, 0) is 0 Å². The second-order valence-electron chi connectivity index (χ2n) is 2.16. The Bertz CT molecular complexity index is 302. The summed E-state index contributed by atoms with van der Waals surface area (Å²) < 4.78 is 0. The van der Waals surface area contributed by atoms with Crippen LogP contribution >= 0.6 is 0 Å².